The second-order valence-electron chi connectivity index (χ2n) is 5.36. The molecule has 0 radical (unpaired) electrons. The van der Waals surface area contributed by atoms with Crippen LogP contribution in [0.15, 0.2) is 24.3 Å². The largest absolute Gasteiger partial charge is 0.479 e. The van der Waals surface area contributed by atoms with Crippen LogP contribution < -0.4 is 5.32 Å². The first-order valence-electron chi connectivity index (χ1n) is 6.89. The van der Waals surface area contributed by atoms with Gasteiger partial charge in [0.15, 0.2) is 6.10 Å². The average Bonchev–Trinajstić information content (AvgIpc) is 2.87. The molecule has 5 nitrogen and oxygen atoms in total. The fourth-order valence-corrected chi connectivity index (χ4v) is 2.87. The Labute approximate surface area is 116 Å². The highest BCUT2D eigenvalue weighted by Crippen LogP contribution is 2.34. The van der Waals surface area contributed by atoms with Gasteiger partial charge in [-0.3, -0.25) is 4.79 Å². The summed E-state index contributed by atoms with van der Waals surface area (Å²) in [7, 11) is 0. The third-order valence-electron chi connectivity index (χ3n) is 4.06. The number of hydrogen-bond donors (Lipinski definition) is 2. The molecule has 1 saturated heterocycles. The van der Waals surface area contributed by atoms with Crippen molar-refractivity contribution in [2.45, 2.75) is 37.4 Å². The van der Waals surface area contributed by atoms with Gasteiger partial charge in [-0.25, -0.2) is 4.79 Å². The number of hydrogen-bond acceptors (Lipinski definition) is 3. The van der Waals surface area contributed by atoms with E-state index >= 15 is 0 Å². The molecule has 1 aliphatic carbocycles. The molecule has 0 bridgehead atoms. The van der Waals surface area contributed by atoms with Crippen molar-refractivity contribution in [2.24, 2.45) is 0 Å². The van der Waals surface area contributed by atoms with Crippen molar-refractivity contribution < 1.29 is 19.4 Å². The molecule has 5 heteroatoms. The van der Waals surface area contributed by atoms with Gasteiger partial charge in [-0.05, 0) is 30.4 Å². The second-order valence-corrected chi connectivity index (χ2v) is 5.36. The van der Waals surface area contributed by atoms with E-state index in [1.54, 1.807) is 0 Å². The SMILES string of the molecule is O=C(O)C1CCC(CNC(=O)C2Cc3ccccc32)O1. The molecular formula is C15H17NO4. The van der Waals surface area contributed by atoms with Crippen molar-refractivity contribution in [1.82, 2.24) is 5.32 Å². The Kier molecular flexibility index (Phi) is 3.44. The van der Waals surface area contributed by atoms with Crippen LogP contribution in [0, 0.1) is 0 Å². The zero-order valence-electron chi connectivity index (χ0n) is 11.0. The highest BCUT2D eigenvalue weighted by molar-refractivity contribution is 5.86. The molecule has 1 aromatic carbocycles. The first-order chi connectivity index (χ1) is 9.65. The molecule has 1 heterocycles. The molecule has 2 N–H and O–H groups in total. The maximum absolute atomic E-state index is 12.1. The van der Waals surface area contributed by atoms with Crippen LogP contribution in [0.2, 0.25) is 0 Å². The van der Waals surface area contributed by atoms with Crippen LogP contribution in [-0.2, 0) is 20.7 Å². The van der Waals surface area contributed by atoms with Crippen molar-refractivity contribution >= 4 is 11.9 Å². The van der Waals surface area contributed by atoms with Gasteiger partial charge >= 0.3 is 5.97 Å². The minimum atomic E-state index is -0.924. The summed E-state index contributed by atoms with van der Waals surface area (Å²) in [4.78, 5) is 22.9. The van der Waals surface area contributed by atoms with E-state index in [2.05, 4.69) is 5.32 Å². The van der Waals surface area contributed by atoms with Gasteiger partial charge < -0.3 is 15.2 Å². The van der Waals surface area contributed by atoms with Crippen molar-refractivity contribution in [3.63, 3.8) is 0 Å². The lowest BCUT2D eigenvalue weighted by Gasteiger charge is -2.29. The summed E-state index contributed by atoms with van der Waals surface area (Å²) < 4.78 is 5.36. The summed E-state index contributed by atoms with van der Waals surface area (Å²) in [6, 6.07) is 7.94. The molecule has 20 heavy (non-hydrogen) atoms. The molecule has 2 aliphatic rings. The first-order valence-corrected chi connectivity index (χ1v) is 6.89. The van der Waals surface area contributed by atoms with Crippen molar-refractivity contribution in [2.75, 3.05) is 6.54 Å². The quantitative estimate of drug-likeness (QED) is 0.862. The van der Waals surface area contributed by atoms with E-state index in [1.807, 2.05) is 24.3 Å². The Balaban J connectivity index is 1.49. The molecule has 1 fully saturated rings. The molecule has 3 unspecified atom stereocenters. The van der Waals surface area contributed by atoms with E-state index in [1.165, 1.54) is 5.56 Å². The van der Waals surface area contributed by atoms with Crippen LogP contribution in [-0.4, -0.2) is 35.7 Å². The molecule has 0 spiro atoms. The molecule has 3 atom stereocenters. The third-order valence-corrected chi connectivity index (χ3v) is 4.06. The first kappa shape index (κ1) is 13.1. The standard InChI is InChI=1S/C15H17NO4/c17-14(12-7-9-3-1-2-4-11(9)12)16-8-10-5-6-13(20-10)15(18)19/h1-4,10,12-13H,5-8H2,(H,16,17)(H,18,19). The molecule has 1 aliphatic heterocycles. The van der Waals surface area contributed by atoms with E-state index in [9.17, 15) is 9.59 Å². The molecule has 0 saturated carbocycles. The summed E-state index contributed by atoms with van der Waals surface area (Å²) in [5.41, 5.74) is 2.33. The predicted octanol–water partition coefficient (Wildman–Crippen LogP) is 1.07. The summed E-state index contributed by atoms with van der Waals surface area (Å²) in [6.45, 7) is 0.390. The van der Waals surface area contributed by atoms with Crippen LogP contribution in [0.1, 0.15) is 29.9 Å². The number of carbonyl (C=O) groups is 2. The van der Waals surface area contributed by atoms with Gasteiger partial charge in [-0.15, -0.1) is 0 Å². The zero-order chi connectivity index (χ0) is 14.1. The molecule has 3 rings (SSSR count). The number of rotatable bonds is 4. The fourth-order valence-electron chi connectivity index (χ4n) is 2.87. The molecular weight excluding hydrogens is 258 g/mol. The topological polar surface area (TPSA) is 75.6 Å². The van der Waals surface area contributed by atoms with Gasteiger partial charge in [-0.2, -0.15) is 0 Å². The van der Waals surface area contributed by atoms with E-state index in [-0.39, 0.29) is 17.9 Å². The molecule has 0 aromatic heterocycles. The number of amides is 1. The lowest BCUT2D eigenvalue weighted by atomic mass is 9.77. The van der Waals surface area contributed by atoms with Crippen molar-refractivity contribution in [3.8, 4) is 0 Å². The molecule has 1 amide bonds. The number of nitrogens with one attached hydrogen (secondary N) is 1. The Morgan fingerprint density at radius 3 is 2.80 bits per heavy atom. The highest BCUT2D eigenvalue weighted by Gasteiger charge is 2.34. The van der Waals surface area contributed by atoms with Crippen LogP contribution >= 0.6 is 0 Å². The molecule has 1 aromatic rings. The van der Waals surface area contributed by atoms with Crippen molar-refractivity contribution in [1.29, 1.82) is 0 Å². The van der Waals surface area contributed by atoms with Gasteiger partial charge in [0.05, 0.1) is 12.0 Å². The third kappa shape index (κ3) is 2.41. The zero-order valence-corrected chi connectivity index (χ0v) is 11.0. The fraction of sp³-hybridized carbons (Fsp3) is 0.467. The maximum Gasteiger partial charge on any atom is 0.332 e. The Morgan fingerprint density at radius 1 is 1.30 bits per heavy atom. The van der Waals surface area contributed by atoms with Crippen LogP contribution in [0.3, 0.4) is 0 Å². The number of carboxylic acid groups (broad SMARTS) is 1. The Bertz CT molecular complexity index is 542. The summed E-state index contributed by atoms with van der Waals surface area (Å²) in [5, 5.41) is 11.7. The van der Waals surface area contributed by atoms with Gasteiger partial charge in [0.1, 0.15) is 0 Å². The van der Waals surface area contributed by atoms with E-state index < -0.39 is 12.1 Å². The van der Waals surface area contributed by atoms with Crippen molar-refractivity contribution in [3.05, 3.63) is 35.4 Å². The number of ether oxygens (including phenoxy) is 1. The number of carbonyl (C=O) groups excluding carboxylic acids is 1. The van der Waals surface area contributed by atoms with Crippen LogP contribution in [0.4, 0.5) is 0 Å². The summed E-state index contributed by atoms with van der Waals surface area (Å²) in [6.07, 6.45) is 1.07. The van der Waals surface area contributed by atoms with Gasteiger partial charge in [0.2, 0.25) is 5.91 Å². The summed E-state index contributed by atoms with van der Waals surface area (Å²) in [5.74, 6) is -0.985. The number of aliphatic carboxylic acids is 1. The maximum atomic E-state index is 12.1. The van der Waals surface area contributed by atoms with Gasteiger partial charge in [0, 0.05) is 6.54 Å². The lowest BCUT2D eigenvalue weighted by molar-refractivity contribution is -0.149. The Morgan fingerprint density at radius 2 is 2.10 bits per heavy atom. The van der Waals surface area contributed by atoms with E-state index in [0.717, 1.165) is 12.0 Å². The second kappa shape index (κ2) is 5.25. The van der Waals surface area contributed by atoms with Crippen LogP contribution in [0.25, 0.3) is 0 Å². The minimum absolute atomic E-state index is 0.00563. The van der Waals surface area contributed by atoms with Crippen LogP contribution in [0.5, 0.6) is 0 Å². The average molecular weight is 275 g/mol. The van der Waals surface area contributed by atoms with Gasteiger partial charge in [0.25, 0.3) is 0 Å². The molecule has 106 valence electrons. The smallest absolute Gasteiger partial charge is 0.332 e. The Hall–Kier alpha value is -1.88. The lowest BCUT2D eigenvalue weighted by Crippen LogP contribution is -2.39. The van der Waals surface area contributed by atoms with E-state index in [0.29, 0.717) is 19.4 Å². The minimum Gasteiger partial charge on any atom is -0.479 e. The van der Waals surface area contributed by atoms with Gasteiger partial charge in [-0.1, -0.05) is 24.3 Å². The highest BCUT2D eigenvalue weighted by atomic mass is 16.5. The number of carboxylic acids is 1. The summed E-state index contributed by atoms with van der Waals surface area (Å²) >= 11 is 0. The monoisotopic (exact) mass is 275 g/mol. The number of fused-ring (bicyclic) bond motifs is 1. The predicted molar refractivity (Wildman–Crippen MR) is 71.4 cm³/mol. The van der Waals surface area contributed by atoms with E-state index in [4.69, 9.17) is 9.84 Å². The normalized spacial score (nSPS) is 27.5. The number of benzene rings is 1.